The second kappa shape index (κ2) is 8.10. The summed E-state index contributed by atoms with van der Waals surface area (Å²) < 4.78 is 18.8. The maximum absolute atomic E-state index is 13.5. The number of para-hydroxylation sites is 1. The van der Waals surface area contributed by atoms with Crippen LogP contribution in [0, 0.1) is 5.82 Å². The van der Waals surface area contributed by atoms with E-state index in [0.717, 1.165) is 0 Å². The van der Waals surface area contributed by atoms with Gasteiger partial charge < -0.3 is 14.5 Å². The number of likely N-dealkylation sites (N-methyl/N-ethyl adjacent to an activating group) is 2. The van der Waals surface area contributed by atoms with Crippen molar-refractivity contribution in [3.8, 4) is 5.75 Å². The van der Waals surface area contributed by atoms with Gasteiger partial charge in [0.15, 0.2) is 11.6 Å². The van der Waals surface area contributed by atoms with Gasteiger partial charge in [0.05, 0.1) is 13.0 Å². The molecule has 7 heteroatoms. The van der Waals surface area contributed by atoms with E-state index in [1.54, 1.807) is 31.1 Å². The Morgan fingerprint density at radius 3 is 2.67 bits per heavy atom. The van der Waals surface area contributed by atoms with Gasteiger partial charge in [0, 0.05) is 33.7 Å². The summed E-state index contributed by atoms with van der Waals surface area (Å²) in [7, 11) is 5.30. The summed E-state index contributed by atoms with van der Waals surface area (Å²) >= 11 is 0. The molecule has 0 radical (unpaired) electrons. The van der Waals surface area contributed by atoms with Crippen molar-refractivity contribution in [1.82, 2.24) is 14.7 Å². The SMILES string of the molecule is CN(C)C(=O)C1CN(C(=O)CCOc2ccccc2F)CCN1C. The highest BCUT2D eigenvalue weighted by Crippen LogP contribution is 2.16. The van der Waals surface area contributed by atoms with Crippen molar-refractivity contribution in [1.29, 1.82) is 0 Å². The number of hydrogen-bond donors (Lipinski definition) is 0. The first-order valence-electron chi connectivity index (χ1n) is 7.96. The molecule has 1 aromatic rings. The summed E-state index contributed by atoms with van der Waals surface area (Å²) in [6.07, 6.45) is 0.154. The third-order valence-corrected chi connectivity index (χ3v) is 4.14. The van der Waals surface area contributed by atoms with Crippen LogP contribution in [0.5, 0.6) is 5.75 Å². The zero-order valence-electron chi connectivity index (χ0n) is 14.4. The Kier molecular flexibility index (Phi) is 6.14. The van der Waals surface area contributed by atoms with Gasteiger partial charge in [0.2, 0.25) is 11.8 Å². The number of carbonyl (C=O) groups excluding carboxylic acids is 2. The Morgan fingerprint density at radius 1 is 1.29 bits per heavy atom. The lowest BCUT2D eigenvalue weighted by Gasteiger charge is -2.39. The number of piperazine rings is 1. The van der Waals surface area contributed by atoms with Crippen LogP contribution >= 0.6 is 0 Å². The van der Waals surface area contributed by atoms with E-state index >= 15 is 0 Å². The quantitative estimate of drug-likeness (QED) is 0.798. The molecule has 132 valence electrons. The number of ether oxygens (including phenoxy) is 1. The van der Waals surface area contributed by atoms with Gasteiger partial charge in [-0.2, -0.15) is 0 Å². The van der Waals surface area contributed by atoms with Gasteiger partial charge in [-0.25, -0.2) is 4.39 Å². The molecule has 6 nitrogen and oxygen atoms in total. The monoisotopic (exact) mass is 337 g/mol. The van der Waals surface area contributed by atoms with E-state index < -0.39 is 5.82 Å². The molecule has 2 rings (SSSR count). The Morgan fingerprint density at radius 2 is 2.00 bits per heavy atom. The zero-order chi connectivity index (χ0) is 17.7. The van der Waals surface area contributed by atoms with E-state index in [0.29, 0.717) is 19.6 Å². The molecule has 0 bridgehead atoms. The van der Waals surface area contributed by atoms with E-state index in [1.165, 1.54) is 17.0 Å². The van der Waals surface area contributed by atoms with Crippen molar-refractivity contribution in [3.05, 3.63) is 30.1 Å². The fourth-order valence-corrected chi connectivity index (χ4v) is 2.63. The van der Waals surface area contributed by atoms with Crippen LogP contribution in [-0.4, -0.2) is 79.9 Å². The molecule has 1 aromatic carbocycles. The molecular weight excluding hydrogens is 313 g/mol. The summed E-state index contributed by atoms with van der Waals surface area (Å²) in [6, 6.07) is 5.78. The summed E-state index contributed by atoms with van der Waals surface area (Å²) in [5.74, 6) is -0.404. The smallest absolute Gasteiger partial charge is 0.241 e. The first-order chi connectivity index (χ1) is 11.4. The summed E-state index contributed by atoms with van der Waals surface area (Å²) in [4.78, 5) is 29.7. The lowest BCUT2D eigenvalue weighted by atomic mass is 10.1. The van der Waals surface area contributed by atoms with E-state index in [-0.39, 0.29) is 36.6 Å². The highest BCUT2D eigenvalue weighted by atomic mass is 19.1. The second-order valence-electron chi connectivity index (χ2n) is 6.10. The highest BCUT2D eigenvalue weighted by Gasteiger charge is 2.32. The number of halogens is 1. The van der Waals surface area contributed by atoms with Gasteiger partial charge in [0.25, 0.3) is 0 Å². The Bertz CT molecular complexity index is 594. The van der Waals surface area contributed by atoms with Crippen LogP contribution in [-0.2, 0) is 9.59 Å². The minimum absolute atomic E-state index is 0.0161. The number of benzene rings is 1. The average molecular weight is 337 g/mol. The molecule has 2 amide bonds. The standard InChI is InChI=1S/C17H24FN3O3/c1-19(2)17(23)14-12-21(10-9-20(14)3)16(22)8-11-24-15-7-5-4-6-13(15)18/h4-7,14H,8-12H2,1-3H3. The van der Waals surface area contributed by atoms with Crippen LogP contribution in [0.3, 0.4) is 0 Å². The first kappa shape index (κ1) is 18.2. The topological polar surface area (TPSA) is 53.1 Å². The Labute approximate surface area is 141 Å². The number of hydrogen-bond acceptors (Lipinski definition) is 4. The van der Waals surface area contributed by atoms with Gasteiger partial charge >= 0.3 is 0 Å². The molecule has 1 saturated heterocycles. The predicted molar refractivity (Wildman–Crippen MR) is 88.2 cm³/mol. The number of carbonyl (C=O) groups is 2. The van der Waals surface area contributed by atoms with Gasteiger partial charge in [0.1, 0.15) is 6.04 Å². The second-order valence-corrected chi connectivity index (χ2v) is 6.10. The van der Waals surface area contributed by atoms with Crippen molar-refractivity contribution in [3.63, 3.8) is 0 Å². The molecule has 0 N–H and O–H groups in total. The maximum Gasteiger partial charge on any atom is 0.241 e. The van der Waals surface area contributed by atoms with E-state index in [2.05, 4.69) is 0 Å². The van der Waals surface area contributed by atoms with Gasteiger partial charge in [-0.3, -0.25) is 14.5 Å². The molecule has 1 fully saturated rings. The average Bonchev–Trinajstić information content (AvgIpc) is 2.56. The Hall–Kier alpha value is -2.15. The molecule has 24 heavy (non-hydrogen) atoms. The zero-order valence-corrected chi connectivity index (χ0v) is 14.4. The van der Waals surface area contributed by atoms with Crippen LogP contribution in [0.2, 0.25) is 0 Å². The molecule has 1 aliphatic heterocycles. The van der Waals surface area contributed by atoms with E-state index in [1.807, 2.05) is 11.9 Å². The molecule has 1 atom stereocenters. The minimum Gasteiger partial charge on any atom is -0.490 e. The molecule has 1 aliphatic rings. The largest absolute Gasteiger partial charge is 0.490 e. The van der Waals surface area contributed by atoms with Gasteiger partial charge in [-0.05, 0) is 19.2 Å². The molecule has 0 saturated carbocycles. The maximum atomic E-state index is 13.5. The van der Waals surface area contributed by atoms with Gasteiger partial charge in [-0.15, -0.1) is 0 Å². The van der Waals surface area contributed by atoms with Crippen molar-refractivity contribution in [2.75, 3.05) is 47.4 Å². The summed E-state index contributed by atoms with van der Waals surface area (Å²) in [6.45, 7) is 1.70. The molecule has 1 heterocycles. The van der Waals surface area contributed by atoms with Gasteiger partial charge in [-0.1, -0.05) is 12.1 Å². The fourth-order valence-electron chi connectivity index (χ4n) is 2.63. The first-order valence-corrected chi connectivity index (χ1v) is 7.96. The summed E-state index contributed by atoms with van der Waals surface area (Å²) in [5.41, 5.74) is 0. The summed E-state index contributed by atoms with van der Waals surface area (Å²) in [5, 5.41) is 0. The van der Waals surface area contributed by atoms with Crippen LogP contribution in [0.4, 0.5) is 4.39 Å². The number of amides is 2. The molecule has 1 unspecified atom stereocenters. The minimum atomic E-state index is -0.443. The molecular formula is C17H24FN3O3. The number of nitrogens with zero attached hydrogens (tertiary/aromatic N) is 3. The lowest BCUT2D eigenvalue weighted by molar-refractivity contribution is -0.141. The normalized spacial score (nSPS) is 18.3. The van der Waals surface area contributed by atoms with Crippen molar-refractivity contribution >= 4 is 11.8 Å². The molecule has 0 spiro atoms. The fraction of sp³-hybridized carbons (Fsp3) is 0.529. The third-order valence-electron chi connectivity index (χ3n) is 4.14. The third kappa shape index (κ3) is 4.44. The Balaban J connectivity index is 1.86. The van der Waals surface area contributed by atoms with Crippen LogP contribution in [0.15, 0.2) is 24.3 Å². The van der Waals surface area contributed by atoms with Crippen LogP contribution < -0.4 is 4.74 Å². The number of rotatable bonds is 5. The van der Waals surface area contributed by atoms with Crippen LogP contribution in [0.25, 0.3) is 0 Å². The van der Waals surface area contributed by atoms with Crippen molar-refractivity contribution < 1.29 is 18.7 Å². The molecule has 0 aromatic heterocycles. The lowest BCUT2D eigenvalue weighted by Crippen LogP contribution is -2.58. The van der Waals surface area contributed by atoms with E-state index in [9.17, 15) is 14.0 Å². The van der Waals surface area contributed by atoms with Crippen LogP contribution in [0.1, 0.15) is 6.42 Å². The molecule has 0 aliphatic carbocycles. The van der Waals surface area contributed by atoms with E-state index in [4.69, 9.17) is 4.74 Å². The highest BCUT2D eigenvalue weighted by molar-refractivity contribution is 5.83. The van der Waals surface area contributed by atoms with Crippen molar-refractivity contribution in [2.24, 2.45) is 0 Å². The predicted octanol–water partition coefficient (Wildman–Crippen LogP) is 0.825. The van der Waals surface area contributed by atoms with Crippen molar-refractivity contribution in [2.45, 2.75) is 12.5 Å².